The highest BCUT2D eigenvalue weighted by molar-refractivity contribution is 5.19. The molecule has 0 aliphatic heterocycles. The molecular formula is C15H16F2N2. The van der Waals surface area contributed by atoms with Crippen molar-refractivity contribution in [1.82, 2.24) is 9.88 Å². The molecule has 2 rings (SSSR count). The molecule has 0 saturated carbocycles. The Morgan fingerprint density at radius 2 is 1.84 bits per heavy atom. The monoisotopic (exact) mass is 262 g/mol. The first kappa shape index (κ1) is 13.6. The molecule has 0 aliphatic carbocycles. The van der Waals surface area contributed by atoms with Crippen molar-refractivity contribution < 1.29 is 8.78 Å². The molecule has 0 bridgehead atoms. The number of nitrogens with zero attached hydrogens (tertiary/aromatic N) is 2. The second-order valence-electron chi connectivity index (χ2n) is 4.61. The summed E-state index contributed by atoms with van der Waals surface area (Å²) < 4.78 is 26.4. The minimum Gasteiger partial charge on any atom is -0.295 e. The Labute approximate surface area is 111 Å². The summed E-state index contributed by atoms with van der Waals surface area (Å²) in [7, 11) is 1.91. The number of pyridine rings is 1. The topological polar surface area (TPSA) is 16.1 Å². The van der Waals surface area contributed by atoms with Gasteiger partial charge < -0.3 is 0 Å². The van der Waals surface area contributed by atoms with Crippen molar-refractivity contribution in [1.29, 1.82) is 0 Å². The zero-order valence-electron chi connectivity index (χ0n) is 11.0. The van der Waals surface area contributed by atoms with Gasteiger partial charge in [0.1, 0.15) is 11.6 Å². The average molecular weight is 262 g/mol. The van der Waals surface area contributed by atoms with Crippen LogP contribution in [0.4, 0.5) is 8.78 Å². The van der Waals surface area contributed by atoms with Crippen LogP contribution in [0, 0.1) is 11.6 Å². The van der Waals surface area contributed by atoms with E-state index in [4.69, 9.17) is 0 Å². The van der Waals surface area contributed by atoms with Gasteiger partial charge in [-0.2, -0.15) is 0 Å². The van der Waals surface area contributed by atoms with E-state index in [9.17, 15) is 8.78 Å². The predicted molar refractivity (Wildman–Crippen MR) is 70.5 cm³/mol. The van der Waals surface area contributed by atoms with Crippen molar-refractivity contribution in [3.05, 3.63) is 65.5 Å². The predicted octanol–water partition coefficient (Wildman–Crippen LogP) is 3.55. The van der Waals surface area contributed by atoms with Gasteiger partial charge in [0.05, 0.1) is 0 Å². The van der Waals surface area contributed by atoms with Gasteiger partial charge >= 0.3 is 0 Å². The van der Waals surface area contributed by atoms with E-state index in [1.54, 1.807) is 12.4 Å². The number of rotatable bonds is 4. The smallest absolute Gasteiger partial charge is 0.130 e. The van der Waals surface area contributed by atoms with Gasteiger partial charge in [-0.05, 0) is 37.7 Å². The highest BCUT2D eigenvalue weighted by Crippen LogP contribution is 2.21. The Bertz CT molecular complexity index is 543. The van der Waals surface area contributed by atoms with Gasteiger partial charge in [-0.15, -0.1) is 0 Å². The quantitative estimate of drug-likeness (QED) is 0.837. The molecule has 1 atom stereocenters. The number of hydrogen-bond acceptors (Lipinski definition) is 2. The van der Waals surface area contributed by atoms with E-state index < -0.39 is 11.6 Å². The molecule has 19 heavy (non-hydrogen) atoms. The molecule has 0 saturated heterocycles. The summed E-state index contributed by atoms with van der Waals surface area (Å²) in [6, 6.07) is 7.68. The fraction of sp³-hybridized carbons (Fsp3) is 0.267. The lowest BCUT2D eigenvalue weighted by Crippen LogP contribution is -2.22. The Hall–Kier alpha value is -1.81. The highest BCUT2D eigenvalue weighted by atomic mass is 19.1. The molecular weight excluding hydrogens is 246 g/mol. The van der Waals surface area contributed by atoms with Crippen LogP contribution in [0.25, 0.3) is 0 Å². The fourth-order valence-electron chi connectivity index (χ4n) is 1.95. The molecule has 1 heterocycles. The van der Waals surface area contributed by atoms with Crippen LogP contribution < -0.4 is 0 Å². The SMILES string of the molecule is C[C@@H](c1ccncc1)N(C)Cc1ccc(F)cc1F. The normalized spacial score (nSPS) is 12.7. The molecule has 2 aromatic rings. The van der Waals surface area contributed by atoms with Crippen molar-refractivity contribution in [2.24, 2.45) is 0 Å². The lowest BCUT2D eigenvalue weighted by Gasteiger charge is -2.25. The Kier molecular flexibility index (Phi) is 4.22. The summed E-state index contributed by atoms with van der Waals surface area (Å²) in [4.78, 5) is 5.98. The average Bonchev–Trinajstić information content (AvgIpc) is 2.42. The van der Waals surface area contributed by atoms with Gasteiger partial charge in [0.15, 0.2) is 0 Å². The minimum absolute atomic E-state index is 0.132. The van der Waals surface area contributed by atoms with Crippen LogP contribution >= 0.6 is 0 Å². The zero-order valence-corrected chi connectivity index (χ0v) is 11.0. The van der Waals surface area contributed by atoms with E-state index >= 15 is 0 Å². The molecule has 0 N–H and O–H groups in total. The molecule has 0 amide bonds. The minimum atomic E-state index is -0.550. The molecule has 1 aromatic carbocycles. The number of aromatic nitrogens is 1. The van der Waals surface area contributed by atoms with E-state index in [0.29, 0.717) is 12.1 Å². The molecule has 2 nitrogen and oxygen atoms in total. The van der Waals surface area contributed by atoms with E-state index in [1.165, 1.54) is 12.1 Å². The summed E-state index contributed by atoms with van der Waals surface area (Å²) >= 11 is 0. The van der Waals surface area contributed by atoms with Gasteiger partial charge in [-0.3, -0.25) is 9.88 Å². The first-order valence-electron chi connectivity index (χ1n) is 6.12. The van der Waals surface area contributed by atoms with Crippen LogP contribution in [0.5, 0.6) is 0 Å². The van der Waals surface area contributed by atoms with Gasteiger partial charge in [-0.1, -0.05) is 6.07 Å². The van der Waals surface area contributed by atoms with Crippen LogP contribution in [-0.2, 0) is 6.54 Å². The van der Waals surface area contributed by atoms with Crippen molar-refractivity contribution in [3.63, 3.8) is 0 Å². The molecule has 0 aliphatic rings. The van der Waals surface area contributed by atoms with Crippen LogP contribution in [0.1, 0.15) is 24.1 Å². The maximum absolute atomic E-state index is 13.6. The maximum Gasteiger partial charge on any atom is 0.130 e. The second kappa shape index (κ2) is 5.89. The Morgan fingerprint density at radius 1 is 1.16 bits per heavy atom. The third kappa shape index (κ3) is 3.35. The van der Waals surface area contributed by atoms with Crippen LogP contribution in [0.3, 0.4) is 0 Å². The zero-order chi connectivity index (χ0) is 13.8. The highest BCUT2D eigenvalue weighted by Gasteiger charge is 2.13. The summed E-state index contributed by atoms with van der Waals surface area (Å²) in [5.74, 6) is -1.06. The van der Waals surface area contributed by atoms with Gasteiger partial charge in [0.2, 0.25) is 0 Å². The molecule has 0 unspecified atom stereocenters. The number of hydrogen-bond donors (Lipinski definition) is 0. The largest absolute Gasteiger partial charge is 0.295 e. The maximum atomic E-state index is 13.6. The number of benzene rings is 1. The van der Waals surface area contributed by atoms with Gasteiger partial charge in [0.25, 0.3) is 0 Å². The summed E-state index contributed by atoms with van der Waals surface area (Å²) in [6.07, 6.45) is 3.47. The van der Waals surface area contributed by atoms with Crippen molar-refractivity contribution >= 4 is 0 Å². The van der Waals surface area contributed by atoms with Gasteiger partial charge in [0, 0.05) is 36.6 Å². The third-order valence-corrected chi connectivity index (χ3v) is 3.28. The fourth-order valence-corrected chi connectivity index (χ4v) is 1.95. The van der Waals surface area contributed by atoms with Crippen molar-refractivity contribution in [3.8, 4) is 0 Å². The summed E-state index contributed by atoms with van der Waals surface area (Å²) in [6.45, 7) is 2.46. The standard InChI is InChI=1S/C15H16F2N2/c1-11(12-5-7-18-8-6-12)19(2)10-13-3-4-14(16)9-15(13)17/h3-9,11H,10H2,1-2H3/t11-/m0/s1. The second-order valence-corrected chi connectivity index (χ2v) is 4.61. The summed E-state index contributed by atoms with van der Waals surface area (Å²) in [5.41, 5.74) is 1.60. The van der Waals surface area contributed by atoms with Gasteiger partial charge in [-0.25, -0.2) is 8.78 Å². The third-order valence-electron chi connectivity index (χ3n) is 3.28. The van der Waals surface area contributed by atoms with Crippen LogP contribution in [0.15, 0.2) is 42.7 Å². The molecule has 0 spiro atoms. The first-order valence-corrected chi connectivity index (χ1v) is 6.12. The molecule has 100 valence electrons. The molecule has 1 aromatic heterocycles. The van der Waals surface area contributed by atoms with Crippen LogP contribution in [-0.4, -0.2) is 16.9 Å². The lowest BCUT2D eigenvalue weighted by molar-refractivity contribution is 0.249. The summed E-state index contributed by atoms with van der Waals surface area (Å²) in [5, 5.41) is 0. The molecule has 0 radical (unpaired) electrons. The van der Waals surface area contributed by atoms with E-state index in [-0.39, 0.29) is 6.04 Å². The first-order chi connectivity index (χ1) is 9.08. The lowest BCUT2D eigenvalue weighted by atomic mass is 10.1. The van der Waals surface area contributed by atoms with E-state index in [2.05, 4.69) is 4.98 Å². The molecule has 4 heteroatoms. The van der Waals surface area contributed by atoms with E-state index in [0.717, 1.165) is 11.6 Å². The Balaban J connectivity index is 2.10. The molecule has 0 fully saturated rings. The van der Waals surface area contributed by atoms with Crippen molar-refractivity contribution in [2.45, 2.75) is 19.5 Å². The van der Waals surface area contributed by atoms with Crippen LogP contribution in [0.2, 0.25) is 0 Å². The Morgan fingerprint density at radius 3 is 2.47 bits per heavy atom. The number of halogens is 2. The van der Waals surface area contributed by atoms with Crippen molar-refractivity contribution in [2.75, 3.05) is 7.05 Å². The van der Waals surface area contributed by atoms with E-state index in [1.807, 2.05) is 31.0 Å².